The van der Waals surface area contributed by atoms with E-state index in [0.29, 0.717) is 12.8 Å². The van der Waals surface area contributed by atoms with Crippen LogP contribution in [0.25, 0.3) is 0 Å². The molecule has 132 valence electrons. The fraction of sp³-hybridized carbons (Fsp3) is 0.579. The van der Waals surface area contributed by atoms with E-state index in [2.05, 4.69) is 10.6 Å². The Hall–Kier alpha value is -1.88. The average Bonchev–Trinajstić information content (AvgIpc) is 2.55. The Bertz CT molecular complexity index is 545. The number of nitrogens with one attached hydrogen (secondary N) is 2. The third-order valence-electron chi connectivity index (χ3n) is 4.35. The number of amides is 2. The summed E-state index contributed by atoms with van der Waals surface area (Å²) >= 11 is 0. The average molecular weight is 332 g/mol. The van der Waals surface area contributed by atoms with Gasteiger partial charge in [0.15, 0.2) is 0 Å². The molecule has 0 aromatic heterocycles. The second kappa shape index (κ2) is 8.83. The summed E-state index contributed by atoms with van der Waals surface area (Å²) in [5, 5.41) is 15.8. The second-order valence-corrected chi connectivity index (χ2v) is 6.98. The number of carbonyl (C=O) groups is 2. The molecule has 0 saturated heterocycles. The molecule has 3 N–H and O–H groups in total. The van der Waals surface area contributed by atoms with Crippen LogP contribution in [0.3, 0.4) is 0 Å². The summed E-state index contributed by atoms with van der Waals surface area (Å²) < 4.78 is 0. The fourth-order valence-electron chi connectivity index (χ4n) is 3.08. The van der Waals surface area contributed by atoms with E-state index in [4.69, 9.17) is 0 Å². The van der Waals surface area contributed by atoms with E-state index >= 15 is 0 Å². The molecule has 5 heteroatoms. The summed E-state index contributed by atoms with van der Waals surface area (Å²) in [7, 11) is 0. The molecule has 1 aromatic rings. The number of aliphatic hydroxyl groups excluding tert-OH is 1. The normalized spacial score (nSPS) is 22.0. The first-order chi connectivity index (χ1) is 11.5. The molecule has 24 heavy (non-hydrogen) atoms. The van der Waals surface area contributed by atoms with Gasteiger partial charge in [0.25, 0.3) is 0 Å². The number of benzene rings is 1. The lowest BCUT2D eigenvalue weighted by atomic mass is 9.92. The molecule has 0 bridgehead atoms. The highest BCUT2D eigenvalue weighted by Crippen LogP contribution is 2.20. The van der Waals surface area contributed by atoms with Crippen molar-refractivity contribution in [3.05, 3.63) is 35.9 Å². The summed E-state index contributed by atoms with van der Waals surface area (Å²) in [6.07, 6.45) is 3.33. The van der Waals surface area contributed by atoms with Crippen LogP contribution in [-0.4, -0.2) is 29.1 Å². The third-order valence-corrected chi connectivity index (χ3v) is 4.35. The van der Waals surface area contributed by atoms with Crippen molar-refractivity contribution in [1.29, 1.82) is 0 Å². The van der Waals surface area contributed by atoms with Gasteiger partial charge in [-0.2, -0.15) is 0 Å². The molecular formula is C19H28N2O3. The zero-order valence-electron chi connectivity index (χ0n) is 14.5. The molecular weight excluding hydrogens is 304 g/mol. The van der Waals surface area contributed by atoms with Crippen molar-refractivity contribution in [2.24, 2.45) is 5.92 Å². The minimum Gasteiger partial charge on any atom is -0.391 e. The highest BCUT2D eigenvalue weighted by Gasteiger charge is 2.29. The van der Waals surface area contributed by atoms with Gasteiger partial charge in [0.2, 0.25) is 11.8 Å². The van der Waals surface area contributed by atoms with Gasteiger partial charge in [-0.25, -0.2) is 0 Å². The molecule has 0 aliphatic heterocycles. The highest BCUT2D eigenvalue weighted by atomic mass is 16.3. The van der Waals surface area contributed by atoms with Crippen molar-refractivity contribution >= 4 is 11.8 Å². The van der Waals surface area contributed by atoms with Gasteiger partial charge >= 0.3 is 0 Å². The monoisotopic (exact) mass is 332 g/mol. The molecule has 0 radical (unpaired) electrons. The number of hydrogen-bond acceptors (Lipinski definition) is 3. The van der Waals surface area contributed by atoms with Gasteiger partial charge in [0.05, 0.1) is 12.1 Å². The molecule has 2 amide bonds. The van der Waals surface area contributed by atoms with E-state index in [1.807, 2.05) is 44.2 Å². The summed E-state index contributed by atoms with van der Waals surface area (Å²) in [6, 6.07) is 8.26. The van der Waals surface area contributed by atoms with Crippen molar-refractivity contribution in [3.63, 3.8) is 0 Å². The van der Waals surface area contributed by atoms with Crippen LogP contribution in [0.15, 0.2) is 30.3 Å². The Kier molecular flexibility index (Phi) is 6.79. The number of rotatable bonds is 6. The lowest BCUT2D eigenvalue weighted by Gasteiger charge is -2.30. The van der Waals surface area contributed by atoms with E-state index in [-0.39, 0.29) is 23.8 Å². The van der Waals surface area contributed by atoms with E-state index in [1.165, 1.54) is 0 Å². The quantitative estimate of drug-likeness (QED) is 0.748. The summed E-state index contributed by atoms with van der Waals surface area (Å²) in [6.45, 7) is 3.94. The molecule has 1 fully saturated rings. The van der Waals surface area contributed by atoms with Crippen LogP contribution in [0.5, 0.6) is 0 Å². The standard InChI is InChI=1S/C19H28N2O3/c1-13(2)12-17(23)21-18(14-8-4-3-5-9-14)19(24)20-15-10-6-7-11-16(15)22/h3-5,8-9,13,15-16,18,22H,6-7,10-12H2,1-2H3,(H,20,24)(H,21,23). The van der Waals surface area contributed by atoms with Crippen LogP contribution in [0.2, 0.25) is 0 Å². The van der Waals surface area contributed by atoms with E-state index < -0.39 is 12.1 Å². The second-order valence-electron chi connectivity index (χ2n) is 6.98. The molecule has 1 saturated carbocycles. The smallest absolute Gasteiger partial charge is 0.247 e. The summed E-state index contributed by atoms with van der Waals surface area (Å²) in [4.78, 5) is 24.9. The lowest BCUT2D eigenvalue weighted by molar-refractivity contribution is -0.130. The van der Waals surface area contributed by atoms with Gasteiger partial charge < -0.3 is 15.7 Å². The Morgan fingerprint density at radius 3 is 2.46 bits per heavy atom. The topological polar surface area (TPSA) is 78.4 Å². The van der Waals surface area contributed by atoms with E-state index in [9.17, 15) is 14.7 Å². The molecule has 0 heterocycles. The Labute approximate surface area is 143 Å². The van der Waals surface area contributed by atoms with Crippen molar-refractivity contribution in [2.45, 2.75) is 64.1 Å². The van der Waals surface area contributed by atoms with Gasteiger partial charge in [-0.1, -0.05) is 57.0 Å². The maximum atomic E-state index is 12.7. The van der Waals surface area contributed by atoms with Crippen molar-refractivity contribution < 1.29 is 14.7 Å². The number of hydrogen-bond donors (Lipinski definition) is 3. The zero-order valence-corrected chi connectivity index (χ0v) is 14.5. The Balaban J connectivity index is 2.09. The molecule has 1 aromatic carbocycles. The van der Waals surface area contributed by atoms with Crippen LogP contribution in [0, 0.1) is 5.92 Å². The van der Waals surface area contributed by atoms with Gasteiger partial charge in [-0.3, -0.25) is 9.59 Å². The van der Waals surface area contributed by atoms with Crippen molar-refractivity contribution in [2.75, 3.05) is 0 Å². The van der Waals surface area contributed by atoms with Gasteiger partial charge in [0, 0.05) is 6.42 Å². The minimum absolute atomic E-state index is 0.141. The molecule has 3 unspecified atom stereocenters. The van der Waals surface area contributed by atoms with Crippen LogP contribution in [0.4, 0.5) is 0 Å². The predicted molar refractivity (Wildman–Crippen MR) is 93.2 cm³/mol. The molecule has 2 rings (SSSR count). The summed E-state index contributed by atoms with van der Waals surface area (Å²) in [5.74, 6) is -0.174. The highest BCUT2D eigenvalue weighted by molar-refractivity contribution is 5.88. The van der Waals surface area contributed by atoms with Crippen LogP contribution >= 0.6 is 0 Å². The number of carbonyl (C=O) groups excluding carboxylic acids is 2. The maximum absolute atomic E-state index is 12.7. The van der Waals surface area contributed by atoms with Crippen molar-refractivity contribution in [3.8, 4) is 0 Å². The molecule has 1 aliphatic carbocycles. The van der Waals surface area contributed by atoms with Gasteiger partial charge in [-0.05, 0) is 24.3 Å². The molecule has 0 spiro atoms. The Morgan fingerprint density at radius 2 is 1.83 bits per heavy atom. The lowest BCUT2D eigenvalue weighted by Crippen LogP contribution is -2.49. The zero-order chi connectivity index (χ0) is 17.5. The Morgan fingerprint density at radius 1 is 1.17 bits per heavy atom. The first-order valence-electron chi connectivity index (χ1n) is 8.80. The first-order valence-corrected chi connectivity index (χ1v) is 8.80. The maximum Gasteiger partial charge on any atom is 0.247 e. The largest absolute Gasteiger partial charge is 0.391 e. The van der Waals surface area contributed by atoms with Crippen LogP contribution < -0.4 is 10.6 Å². The predicted octanol–water partition coefficient (Wildman–Crippen LogP) is 2.31. The molecule has 3 atom stereocenters. The van der Waals surface area contributed by atoms with E-state index in [0.717, 1.165) is 24.8 Å². The SMILES string of the molecule is CC(C)CC(=O)NC(C(=O)NC1CCCCC1O)c1ccccc1. The fourth-order valence-corrected chi connectivity index (χ4v) is 3.08. The van der Waals surface area contributed by atoms with Gasteiger partial charge in [-0.15, -0.1) is 0 Å². The summed E-state index contributed by atoms with van der Waals surface area (Å²) in [5.41, 5.74) is 0.748. The number of aliphatic hydroxyl groups is 1. The molecule has 1 aliphatic rings. The van der Waals surface area contributed by atoms with Gasteiger partial charge in [0.1, 0.15) is 6.04 Å². The minimum atomic E-state index is -0.730. The van der Waals surface area contributed by atoms with Crippen LogP contribution in [-0.2, 0) is 9.59 Å². The first kappa shape index (κ1) is 18.5. The third kappa shape index (κ3) is 5.34. The van der Waals surface area contributed by atoms with Crippen LogP contribution in [0.1, 0.15) is 57.6 Å². The van der Waals surface area contributed by atoms with E-state index in [1.54, 1.807) is 0 Å². The molecule has 5 nitrogen and oxygen atoms in total. The van der Waals surface area contributed by atoms with Crippen molar-refractivity contribution in [1.82, 2.24) is 10.6 Å².